The van der Waals surface area contributed by atoms with Crippen molar-refractivity contribution in [2.24, 2.45) is 0 Å². The van der Waals surface area contributed by atoms with Gasteiger partial charge in [0.25, 0.3) is 5.69 Å². The molecule has 0 amide bonds. The number of aromatic amines is 1. The highest BCUT2D eigenvalue weighted by Crippen LogP contribution is 2.28. The van der Waals surface area contributed by atoms with E-state index in [9.17, 15) is 10.1 Å². The maximum atomic E-state index is 11.4. The largest absolute Gasteiger partial charge is 0.378 e. The van der Waals surface area contributed by atoms with Crippen molar-refractivity contribution in [3.8, 4) is 0 Å². The summed E-state index contributed by atoms with van der Waals surface area (Å²) in [5, 5.41) is 19.6. The summed E-state index contributed by atoms with van der Waals surface area (Å²) in [6.45, 7) is 2.90. The lowest BCUT2D eigenvalue weighted by Crippen LogP contribution is -2.36. The number of H-pyrrole nitrogens is 1. The Morgan fingerprint density at radius 3 is 2.77 bits per heavy atom. The van der Waals surface area contributed by atoms with Gasteiger partial charge in [-0.3, -0.25) is 15.2 Å². The molecule has 7 nitrogen and oxygen atoms in total. The quantitative estimate of drug-likeness (QED) is 0.575. The van der Waals surface area contributed by atoms with Crippen LogP contribution in [-0.2, 0) is 4.74 Å². The number of para-hydroxylation sites is 1. The molecule has 2 aromatic carbocycles. The fourth-order valence-corrected chi connectivity index (χ4v) is 3.14. The van der Waals surface area contributed by atoms with Gasteiger partial charge in [0.15, 0.2) is 0 Å². The summed E-state index contributed by atoms with van der Waals surface area (Å²) in [6, 6.07) is 13.0. The first-order chi connectivity index (χ1) is 12.7. The van der Waals surface area contributed by atoms with Crippen LogP contribution in [-0.4, -0.2) is 41.4 Å². The third-order valence-corrected chi connectivity index (χ3v) is 4.50. The lowest BCUT2D eigenvalue weighted by Gasteiger charge is -2.29. The number of hydrogen-bond donors (Lipinski definition) is 1. The Kier molecular flexibility index (Phi) is 4.37. The van der Waals surface area contributed by atoms with Crippen molar-refractivity contribution >= 4 is 34.4 Å². The van der Waals surface area contributed by atoms with E-state index in [2.05, 4.69) is 15.1 Å². The maximum absolute atomic E-state index is 11.4. The van der Waals surface area contributed by atoms with Crippen LogP contribution in [0.4, 0.5) is 11.4 Å². The van der Waals surface area contributed by atoms with Gasteiger partial charge >= 0.3 is 0 Å². The summed E-state index contributed by atoms with van der Waals surface area (Å²) in [6.07, 6.45) is 3.56. The molecule has 0 aliphatic carbocycles. The van der Waals surface area contributed by atoms with Crippen molar-refractivity contribution in [1.82, 2.24) is 10.2 Å². The molecule has 1 aliphatic heterocycles. The van der Waals surface area contributed by atoms with E-state index in [4.69, 9.17) is 4.74 Å². The van der Waals surface area contributed by atoms with Crippen LogP contribution in [0.15, 0.2) is 42.5 Å². The average molecular weight is 350 g/mol. The average Bonchev–Trinajstić information content (AvgIpc) is 3.10. The van der Waals surface area contributed by atoms with Crippen molar-refractivity contribution in [2.75, 3.05) is 31.2 Å². The van der Waals surface area contributed by atoms with Crippen molar-refractivity contribution in [2.45, 2.75) is 0 Å². The van der Waals surface area contributed by atoms with Crippen LogP contribution in [0.1, 0.15) is 11.3 Å². The molecule has 0 saturated carbocycles. The zero-order chi connectivity index (χ0) is 17.9. The number of aromatic nitrogens is 2. The second kappa shape index (κ2) is 6.97. The lowest BCUT2D eigenvalue weighted by molar-refractivity contribution is -0.385. The fraction of sp³-hybridized carbons (Fsp3) is 0.211. The summed E-state index contributed by atoms with van der Waals surface area (Å²) in [5.41, 5.74) is 3.30. The van der Waals surface area contributed by atoms with Gasteiger partial charge in [0.2, 0.25) is 0 Å². The molecule has 1 N–H and O–H groups in total. The first kappa shape index (κ1) is 16.3. The number of ether oxygens (including phenoxy) is 1. The van der Waals surface area contributed by atoms with Gasteiger partial charge in [-0.2, -0.15) is 5.10 Å². The number of anilines is 1. The number of fused-ring (bicyclic) bond motifs is 1. The zero-order valence-corrected chi connectivity index (χ0v) is 14.1. The second-order valence-corrected chi connectivity index (χ2v) is 6.09. The van der Waals surface area contributed by atoms with Crippen molar-refractivity contribution < 1.29 is 9.66 Å². The van der Waals surface area contributed by atoms with Gasteiger partial charge in [-0.05, 0) is 30.4 Å². The van der Waals surface area contributed by atoms with Crippen molar-refractivity contribution in [1.29, 1.82) is 0 Å². The predicted molar refractivity (Wildman–Crippen MR) is 101 cm³/mol. The normalized spacial score (nSPS) is 15.0. The third kappa shape index (κ3) is 3.16. The smallest absolute Gasteiger partial charge is 0.276 e. The van der Waals surface area contributed by atoms with E-state index >= 15 is 0 Å². The molecule has 132 valence electrons. The van der Waals surface area contributed by atoms with Crippen molar-refractivity contribution in [3.05, 3.63) is 63.8 Å². The molecule has 3 aromatic rings. The summed E-state index contributed by atoms with van der Waals surface area (Å²) in [4.78, 5) is 13.2. The third-order valence-electron chi connectivity index (χ3n) is 4.50. The SMILES string of the molecule is O=[N+]([O-])c1ccc(N2CCOCC2)cc1C=Cc1n[nH]c2ccccc12. The Bertz CT molecular complexity index is 974. The van der Waals surface area contributed by atoms with E-state index in [1.807, 2.05) is 36.4 Å². The Morgan fingerprint density at radius 1 is 1.15 bits per heavy atom. The maximum Gasteiger partial charge on any atom is 0.276 e. The van der Waals surface area contributed by atoms with Crippen molar-refractivity contribution in [3.63, 3.8) is 0 Å². The minimum atomic E-state index is -0.356. The minimum Gasteiger partial charge on any atom is -0.378 e. The monoisotopic (exact) mass is 350 g/mol. The lowest BCUT2D eigenvalue weighted by atomic mass is 10.1. The van der Waals surface area contributed by atoms with E-state index < -0.39 is 0 Å². The highest BCUT2D eigenvalue weighted by atomic mass is 16.6. The van der Waals surface area contributed by atoms with E-state index in [0.29, 0.717) is 18.8 Å². The molecule has 0 bridgehead atoms. The Morgan fingerprint density at radius 2 is 1.96 bits per heavy atom. The van der Waals surface area contributed by atoms with Gasteiger partial charge in [-0.25, -0.2) is 0 Å². The molecule has 1 fully saturated rings. The Labute approximate surface area is 150 Å². The molecule has 0 spiro atoms. The van der Waals surface area contributed by atoms with Crippen LogP contribution in [0.3, 0.4) is 0 Å². The Hall–Kier alpha value is -3.19. The van der Waals surface area contributed by atoms with E-state index in [0.717, 1.165) is 35.4 Å². The number of rotatable bonds is 4. The molecule has 1 saturated heterocycles. The topological polar surface area (TPSA) is 84.3 Å². The minimum absolute atomic E-state index is 0.0816. The number of morpholine rings is 1. The zero-order valence-electron chi connectivity index (χ0n) is 14.1. The summed E-state index contributed by atoms with van der Waals surface area (Å²) in [7, 11) is 0. The number of nitro groups is 1. The highest BCUT2D eigenvalue weighted by molar-refractivity contribution is 5.90. The van der Waals surface area contributed by atoms with E-state index in [1.165, 1.54) is 0 Å². The summed E-state index contributed by atoms with van der Waals surface area (Å²) >= 11 is 0. The number of nitrogens with zero attached hydrogens (tertiary/aromatic N) is 3. The molecule has 4 rings (SSSR count). The van der Waals surface area contributed by atoms with Gasteiger partial charge in [-0.1, -0.05) is 18.2 Å². The van der Waals surface area contributed by atoms with Crippen LogP contribution in [0, 0.1) is 10.1 Å². The van der Waals surface area contributed by atoms with Gasteiger partial charge in [0.1, 0.15) is 0 Å². The molecule has 7 heteroatoms. The number of nitro benzene ring substituents is 1. The summed E-state index contributed by atoms with van der Waals surface area (Å²) in [5.74, 6) is 0. The van der Waals surface area contributed by atoms with E-state index in [-0.39, 0.29) is 10.6 Å². The number of hydrogen-bond acceptors (Lipinski definition) is 5. The van der Waals surface area contributed by atoms with Crippen LogP contribution >= 0.6 is 0 Å². The Balaban J connectivity index is 1.70. The molecular weight excluding hydrogens is 332 g/mol. The fourth-order valence-electron chi connectivity index (χ4n) is 3.14. The van der Waals surface area contributed by atoms with Gasteiger partial charge in [0.05, 0.1) is 34.9 Å². The summed E-state index contributed by atoms with van der Waals surface area (Å²) < 4.78 is 5.38. The first-order valence-electron chi connectivity index (χ1n) is 8.45. The van der Waals surface area contributed by atoms with Gasteiger partial charge in [0, 0.05) is 30.2 Å². The second-order valence-electron chi connectivity index (χ2n) is 6.09. The molecule has 1 aliphatic rings. The van der Waals surface area contributed by atoms with E-state index in [1.54, 1.807) is 18.2 Å². The molecule has 0 atom stereocenters. The van der Waals surface area contributed by atoms with Gasteiger partial charge < -0.3 is 9.64 Å². The molecule has 2 heterocycles. The first-order valence-corrected chi connectivity index (χ1v) is 8.45. The van der Waals surface area contributed by atoms with Crippen LogP contribution < -0.4 is 4.90 Å². The number of nitrogens with one attached hydrogen (secondary N) is 1. The van der Waals surface area contributed by atoms with Gasteiger partial charge in [-0.15, -0.1) is 0 Å². The molecular formula is C19H18N4O3. The predicted octanol–water partition coefficient (Wildman–Crippen LogP) is 3.48. The van der Waals surface area contributed by atoms with Crippen LogP contribution in [0.5, 0.6) is 0 Å². The van der Waals surface area contributed by atoms with Crippen LogP contribution in [0.2, 0.25) is 0 Å². The molecule has 26 heavy (non-hydrogen) atoms. The standard InChI is InChI=1S/C19H18N4O3/c24-23(25)19-8-6-15(22-9-11-26-12-10-22)13-14(19)5-7-18-16-3-1-2-4-17(16)20-21-18/h1-8,13H,9-12H2,(H,20,21). The molecule has 0 unspecified atom stereocenters. The number of benzene rings is 2. The highest BCUT2D eigenvalue weighted by Gasteiger charge is 2.17. The van der Waals surface area contributed by atoms with Crippen LogP contribution in [0.25, 0.3) is 23.1 Å². The molecule has 1 aromatic heterocycles. The molecule has 0 radical (unpaired) electrons.